The van der Waals surface area contributed by atoms with Crippen molar-refractivity contribution in [1.29, 1.82) is 0 Å². The zero-order valence-corrected chi connectivity index (χ0v) is 15.9. The van der Waals surface area contributed by atoms with Crippen molar-refractivity contribution in [3.63, 3.8) is 0 Å². The lowest BCUT2D eigenvalue weighted by molar-refractivity contribution is 0.0848. The maximum absolute atomic E-state index is 12.6. The van der Waals surface area contributed by atoms with Crippen LogP contribution < -0.4 is 15.2 Å². The highest BCUT2D eigenvalue weighted by Crippen LogP contribution is 2.37. The van der Waals surface area contributed by atoms with Crippen LogP contribution in [0.4, 0.5) is 0 Å². The van der Waals surface area contributed by atoms with E-state index in [-0.39, 0.29) is 11.9 Å². The summed E-state index contributed by atoms with van der Waals surface area (Å²) in [5.41, 5.74) is 9.11. The van der Waals surface area contributed by atoms with Gasteiger partial charge in [-0.3, -0.25) is 14.6 Å². The SMILES string of the molecule is Cc1cnccc1C1CC(=O)c2ccc(OCc3ccc(C(N)=O)cc3)cc2O1. The number of aromatic nitrogens is 1. The molecule has 0 radical (unpaired) electrons. The van der Waals surface area contributed by atoms with Gasteiger partial charge < -0.3 is 15.2 Å². The molecule has 4 rings (SSSR count). The van der Waals surface area contributed by atoms with Gasteiger partial charge in [0.1, 0.15) is 24.2 Å². The van der Waals surface area contributed by atoms with Crippen LogP contribution in [0.2, 0.25) is 0 Å². The predicted molar refractivity (Wildman–Crippen MR) is 107 cm³/mol. The number of Topliss-reactive ketones (excluding diaryl/α,β-unsaturated/α-hetero) is 1. The Morgan fingerprint density at radius 2 is 2.00 bits per heavy atom. The summed E-state index contributed by atoms with van der Waals surface area (Å²) in [6.45, 7) is 2.27. The number of amides is 1. The number of nitrogens with two attached hydrogens (primary N) is 1. The van der Waals surface area contributed by atoms with Gasteiger partial charge in [-0.15, -0.1) is 0 Å². The van der Waals surface area contributed by atoms with Crippen LogP contribution in [0.5, 0.6) is 11.5 Å². The molecular formula is C23H20N2O4. The standard InChI is InChI=1S/C23H20N2O4/c1-14-12-25-9-8-18(14)22-11-20(26)19-7-6-17(10-21(19)29-22)28-13-15-2-4-16(5-3-15)23(24)27/h2-10,12,22H,11,13H2,1H3,(H2,24,27). The molecule has 0 bridgehead atoms. The van der Waals surface area contributed by atoms with Crippen molar-refractivity contribution >= 4 is 11.7 Å². The minimum atomic E-state index is -0.465. The number of ketones is 1. The summed E-state index contributed by atoms with van der Waals surface area (Å²) in [5.74, 6) is 0.695. The van der Waals surface area contributed by atoms with Crippen LogP contribution in [0, 0.1) is 6.92 Å². The second kappa shape index (κ2) is 7.75. The predicted octanol–water partition coefficient (Wildman–Crippen LogP) is 3.77. The molecule has 3 aromatic rings. The highest BCUT2D eigenvalue weighted by Gasteiger charge is 2.28. The van der Waals surface area contributed by atoms with E-state index in [1.54, 1.807) is 54.9 Å². The van der Waals surface area contributed by atoms with Gasteiger partial charge in [-0.2, -0.15) is 0 Å². The topological polar surface area (TPSA) is 91.5 Å². The smallest absolute Gasteiger partial charge is 0.248 e. The van der Waals surface area contributed by atoms with Crippen molar-refractivity contribution < 1.29 is 19.1 Å². The van der Waals surface area contributed by atoms with E-state index in [0.29, 0.717) is 35.7 Å². The Balaban J connectivity index is 1.50. The summed E-state index contributed by atoms with van der Waals surface area (Å²) >= 11 is 0. The molecular weight excluding hydrogens is 368 g/mol. The molecule has 1 unspecified atom stereocenters. The number of primary amides is 1. The Hall–Kier alpha value is -3.67. The maximum Gasteiger partial charge on any atom is 0.248 e. The Bertz CT molecular complexity index is 1080. The third kappa shape index (κ3) is 3.96. The fourth-order valence-corrected chi connectivity index (χ4v) is 3.34. The van der Waals surface area contributed by atoms with Crippen molar-refractivity contribution in [2.75, 3.05) is 0 Å². The zero-order valence-electron chi connectivity index (χ0n) is 15.9. The number of carbonyl (C=O) groups is 2. The number of hydrogen-bond donors (Lipinski definition) is 1. The minimum absolute atomic E-state index is 0.0426. The van der Waals surface area contributed by atoms with E-state index in [1.807, 2.05) is 13.0 Å². The van der Waals surface area contributed by atoms with Crippen LogP contribution in [0.25, 0.3) is 0 Å². The van der Waals surface area contributed by atoms with Gasteiger partial charge in [-0.05, 0) is 53.9 Å². The highest BCUT2D eigenvalue weighted by molar-refractivity contribution is 6.00. The number of aryl methyl sites for hydroxylation is 1. The van der Waals surface area contributed by atoms with Crippen LogP contribution in [-0.2, 0) is 6.61 Å². The van der Waals surface area contributed by atoms with Crippen LogP contribution in [0.3, 0.4) is 0 Å². The van der Waals surface area contributed by atoms with Crippen LogP contribution in [-0.4, -0.2) is 16.7 Å². The van der Waals surface area contributed by atoms with Gasteiger partial charge in [-0.1, -0.05) is 12.1 Å². The van der Waals surface area contributed by atoms with Crippen LogP contribution in [0.1, 0.15) is 49.9 Å². The first-order chi connectivity index (χ1) is 14.0. The highest BCUT2D eigenvalue weighted by atomic mass is 16.5. The molecule has 0 saturated carbocycles. The van der Waals surface area contributed by atoms with Crippen molar-refractivity contribution in [3.8, 4) is 11.5 Å². The molecule has 29 heavy (non-hydrogen) atoms. The molecule has 0 spiro atoms. The average molecular weight is 388 g/mol. The minimum Gasteiger partial charge on any atom is -0.489 e. The van der Waals surface area contributed by atoms with E-state index >= 15 is 0 Å². The summed E-state index contributed by atoms with van der Waals surface area (Å²) in [5, 5.41) is 0. The normalized spacial score (nSPS) is 15.3. The van der Waals surface area contributed by atoms with Crippen LogP contribution in [0.15, 0.2) is 60.9 Å². The first-order valence-electron chi connectivity index (χ1n) is 9.27. The number of fused-ring (bicyclic) bond motifs is 1. The van der Waals surface area contributed by atoms with Crippen molar-refractivity contribution in [1.82, 2.24) is 4.98 Å². The molecule has 0 saturated heterocycles. The van der Waals surface area contributed by atoms with Crippen molar-refractivity contribution in [3.05, 3.63) is 88.7 Å². The fraction of sp³-hybridized carbons (Fsp3) is 0.174. The summed E-state index contributed by atoms with van der Waals surface area (Å²) in [7, 11) is 0. The average Bonchev–Trinajstić information content (AvgIpc) is 2.72. The number of benzene rings is 2. The summed E-state index contributed by atoms with van der Waals surface area (Å²) < 4.78 is 12.0. The zero-order chi connectivity index (χ0) is 20.4. The van der Waals surface area contributed by atoms with Gasteiger partial charge in [-0.25, -0.2) is 0 Å². The number of ether oxygens (including phenoxy) is 2. The fourth-order valence-electron chi connectivity index (χ4n) is 3.34. The summed E-state index contributed by atoms with van der Waals surface area (Å²) in [6.07, 6.45) is 3.43. The van der Waals surface area contributed by atoms with E-state index in [2.05, 4.69) is 4.98 Å². The van der Waals surface area contributed by atoms with Crippen molar-refractivity contribution in [2.24, 2.45) is 5.73 Å². The number of carbonyl (C=O) groups excluding carboxylic acids is 2. The molecule has 2 N–H and O–H groups in total. The van der Waals surface area contributed by atoms with E-state index in [0.717, 1.165) is 16.7 Å². The number of rotatable bonds is 5. The van der Waals surface area contributed by atoms with Gasteiger partial charge in [0.25, 0.3) is 0 Å². The number of pyridine rings is 1. The Kier molecular flexibility index (Phi) is 4.99. The molecule has 0 aliphatic carbocycles. The Labute approximate surface area is 168 Å². The van der Waals surface area contributed by atoms with Gasteiger partial charge in [0.2, 0.25) is 5.91 Å². The van der Waals surface area contributed by atoms with Crippen molar-refractivity contribution in [2.45, 2.75) is 26.1 Å². The first-order valence-corrected chi connectivity index (χ1v) is 9.27. The third-order valence-corrected chi connectivity index (χ3v) is 4.95. The van der Waals surface area contributed by atoms with E-state index in [9.17, 15) is 9.59 Å². The molecule has 6 nitrogen and oxygen atoms in total. The molecule has 1 amide bonds. The largest absolute Gasteiger partial charge is 0.489 e. The molecule has 1 aliphatic heterocycles. The lowest BCUT2D eigenvalue weighted by Crippen LogP contribution is -2.21. The van der Waals surface area contributed by atoms with Gasteiger partial charge in [0.05, 0.1) is 12.0 Å². The molecule has 2 aromatic carbocycles. The maximum atomic E-state index is 12.6. The molecule has 1 atom stereocenters. The summed E-state index contributed by atoms with van der Waals surface area (Å²) in [6, 6.07) is 14.0. The van der Waals surface area contributed by atoms with Gasteiger partial charge in [0.15, 0.2) is 5.78 Å². The van der Waals surface area contributed by atoms with E-state index in [4.69, 9.17) is 15.2 Å². The molecule has 2 heterocycles. The van der Waals surface area contributed by atoms with Crippen LogP contribution >= 0.6 is 0 Å². The monoisotopic (exact) mass is 388 g/mol. The Morgan fingerprint density at radius 1 is 1.21 bits per heavy atom. The molecule has 1 aromatic heterocycles. The third-order valence-electron chi connectivity index (χ3n) is 4.95. The summed E-state index contributed by atoms with van der Waals surface area (Å²) in [4.78, 5) is 27.8. The first kappa shape index (κ1) is 18.7. The van der Waals surface area contributed by atoms with Gasteiger partial charge >= 0.3 is 0 Å². The number of hydrogen-bond acceptors (Lipinski definition) is 5. The lowest BCUT2D eigenvalue weighted by Gasteiger charge is -2.26. The second-order valence-electron chi connectivity index (χ2n) is 6.97. The molecule has 6 heteroatoms. The van der Waals surface area contributed by atoms with E-state index < -0.39 is 5.91 Å². The molecule has 0 fully saturated rings. The number of nitrogens with zero attached hydrogens (tertiary/aromatic N) is 1. The Morgan fingerprint density at radius 3 is 2.72 bits per heavy atom. The molecule has 1 aliphatic rings. The van der Waals surface area contributed by atoms with Gasteiger partial charge in [0, 0.05) is 24.0 Å². The van der Waals surface area contributed by atoms with E-state index in [1.165, 1.54) is 0 Å². The molecule has 146 valence electrons. The quantitative estimate of drug-likeness (QED) is 0.718. The lowest BCUT2D eigenvalue weighted by atomic mass is 9.95. The second-order valence-corrected chi connectivity index (χ2v) is 6.97.